The topological polar surface area (TPSA) is 12.0 Å². The van der Waals surface area contributed by atoms with Gasteiger partial charge in [0, 0.05) is 12.1 Å². The van der Waals surface area contributed by atoms with Gasteiger partial charge in [-0.1, -0.05) is 51.1 Å². The molecule has 0 bridgehead atoms. The van der Waals surface area contributed by atoms with E-state index in [1.165, 1.54) is 11.1 Å². The Morgan fingerprint density at radius 2 is 1.43 bits per heavy atom. The molecule has 1 nitrogen and oxygen atoms in total. The molecular weight excluding hydrogens is 261 g/mol. The van der Waals surface area contributed by atoms with Gasteiger partial charge >= 0.3 is 0 Å². The number of aryl methyl sites for hydroxylation is 2. The lowest BCUT2D eigenvalue weighted by Crippen LogP contribution is -2.12. The highest BCUT2D eigenvalue weighted by Crippen LogP contribution is 2.25. The van der Waals surface area contributed by atoms with E-state index in [-0.39, 0.29) is 5.82 Å². The van der Waals surface area contributed by atoms with Gasteiger partial charge in [-0.25, -0.2) is 4.39 Å². The van der Waals surface area contributed by atoms with Crippen LogP contribution in [0, 0.1) is 5.82 Å². The summed E-state index contributed by atoms with van der Waals surface area (Å²) in [7, 11) is 0. The first-order valence-electron chi connectivity index (χ1n) is 7.80. The Hall–Kier alpha value is -1.67. The molecule has 2 aromatic rings. The van der Waals surface area contributed by atoms with Crippen LogP contribution in [0.4, 0.5) is 4.39 Å². The number of rotatable bonds is 6. The Morgan fingerprint density at radius 3 is 2.00 bits per heavy atom. The van der Waals surface area contributed by atoms with Crippen molar-refractivity contribution in [2.45, 2.75) is 40.2 Å². The molecule has 0 spiro atoms. The van der Waals surface area contributed by atoms with E-state index in [0.29, 0.717) is 6.54 Å². The average Bonchev–Trinajstić information content (AvgIpc) is 2.53. The standard InChI is InChI=1S/C19H24FN/c1-4-14-7-8-16(11-15(14)5-2)17-9-10-18(13-21-6-3)19(20)12-17/h7-12,21H,4-6,13H2,1-3H3. The van der Waals surface area contributed by atoms with Crippen molar-refractivity contribution < 1.29 is 4.39 Å². The van der Waals surface area contributed by atoms with Crippen molar-refractivity contribution in [3.05, 3.63) is 58.9 Å². The van der Waals surface area contributed by atoms with Crippen LogP contribution in [0.5, 0.6) is 0 Å². The number of hydrogen-bond donors (Lipinski definition) is 1. The maximum Gasteiger partial charge on any atom is 0.128 e. The third-order valence-corrected chi connectivity index (χ3v) is 3.92. The third kappa shape index (κ3) is 3.70. The van der Waals surface area contributed by atoms with Crippen LogP contribution in [0.1, 0.15) is 37.5 Å². The summed E-state index contributed by atoms with van der Waals surface area (Å²) in [5.74, 6) is -0.133. The van der Waals surface area contributed by atoms with Gasteiger partial charge in [-0.2, -0.15) is 0 Å². The molecule has 2 aromatic carbocycles. The molecule has 0 unspecified atom stereocenters. The molecule has 0 atom stereocenters. The molecule has 2 rings (SSSR count). The average molecular weight is 285 g/mol. The van der Waals surface area contributed by atoms with Crippen LogP contribution in [0.15, 0.2) is 36.4 Å². The molecular formula is C19H24FN. The van der Waals surface area contributed by atoms with Gasteiger partial charge in [0.15, 0.2) is 0 Å². The zero-order valence-corrected chi connectivity index (χ0v) is 13.2. The fourth-order valence-electron chi connectivity index (χ4n) is 2.61. The van der Waals surface area contributed by atoms with Crippen molar-refractivity contribution in [1.29, 1.82) is 0 Å². The predicted octanol–water partition coefficient (Wildman–Crippen LogP) is 4.73. The Morgan fingerprint density at radius 1 is 0.810 bits per heavy atom. The van der Waals surface area contributed by atoms with Gasteiger partial charge in [0.25, 0.3) is 0 Å². The van der Waals surface area contributed by atoms with Gasteiger partial charge in [-0.3, -0.25) is 0 Å². The Labute approximate surface area is 127 Å². The molecule has 0 amide bonds. The fraction of sp³-hybridized carbons (Fsp3) is 0.368. The van der Waals surface area contributed by atoms with E-state index in [4.69, 9.17) is 0 Å². The van der Waals surface area contributed by atoms with Crippen LogP contribution in [0.2, 0.25) is 0 Å². The first-order valence-corrected chi connectivity index (χ1v) is 7.80. The van der Waals surface area contributed by atoms with E-state index in [1.54, 1.807) is 6.07 Å². The van der Waals surface area contributed by atoms with E-state index in [1.807, 2.05) is 19.1 Å². The van der Waals surface area contributed by atoms with Gasteiger partial charge < -0.3 is 5.32 Å². The SMILES string of the molecule is CCNCc1ccc(-c2ccc(CC)c(CC)c2)cc1F. The minimum absolute atomic E-state index is 0.133. The summed E-state index contributed by atoms with van der Waals surface area (Å²) < 4.78 is 14.1. The number of nitrogens with one attached hydrogen (secondary N) is 1. The minimum atomic E-state index is -0.133. The van der Waals surface area contributed by atoms with E-state index in [2.05, 4.69) is 37.4 Å². The van der Waals surface area contributed by atoms with Crippen LogP contribution in [0.3, 0.4) is 0 Å². The van der Waals surface area contributed by atoms with E-state index < -0.39 is 0 Å². The first-order chi connectivity index (χ1) is 10.2. The smallest absolute Gasteiger partial charge is 0.128 e. The summed E-state index contributed by atoms with van der Waals surface area (Å²) in [5, 5.41) is 3.16. The van der Waals surface area contributed by atoms with Gasteiger partial charge in [0.2, 0.25) is 0 Å². The molecule has 0 saturated carbocycles. The second-order valence-corrected chi connectivity index (χ2v) is 5.28. The maximum absolute atomic E-state index is 14.1. The lowest BCUT2D eigenvalue weighted by Gasteiger charge is -2.11. The highest BCUT2D eigenvalue weighted by atomic mass is 19.1. The van der Waals surface area contributed by atoms with Crippen LogP contribution in [-0.4, -0.2) is 6.54 Å². The molecule has 0 radical (unpaired) electrons. The molecule has 0 aliphatic rings. The highest BCUT2D eigenvalue weighted by Gasteiger charge is 2.07. The van der Waals surface area contributed by atoms with Crippen molar-refractivity contribution >= 4 is 0 Å². The maximum atomic E-state index is 14.1. The molecule has 0 aliphatic carbocycles. The number of benzene rings is 2. The summed E-state index contributed by atoms with van der Waals surface area (Å²) in [6, 6.07) is 12.0. The summed E-state index contributed by atoms with van der Waals surface area (Å²) >= 11 is 0. The summed E-state index contributed by atoms with van der Waals surface area (Å²) in [6.07, 6.45) is 2.05. The van der Waals surface area contributed by atoms with Gasteiger partial charge in [-0.05, 0) is 47.7 Å². The first kappa shape index (κ1) is 15.7. The molecule has 0 fully saturated rings. The second kappa shape index (κ2) is 7.37. The van der Waals surface area contributed by atoms with E-state index >= 15 is 0 Å². The quantitative estimate of drug-likeness (QED) is 0.809. The molecule has 21 heavy (non-hydrogen) atoms. The lowest BCUT2D eigenvalue weighted by atomic mass is 9.96. The van der Waals surface area contributed by atoms with Gasteiger partial charge in [0.05, 0.1) is 0 Å². The van der Waals surface area contributed by atoms with Crippen molar-refractivity contribution in [1.82, 2.24) is 5.32 Å². The van der Waals surface area contributed by atoms with E-state index in [9.17, 15) is 4.39 Å². The van der Waals surface area contributed by atoms with Gasteiger partial charge in [0.1, 0.15) is 5.82 Å². The summed E-state index contributed by atoms with van der Waals surface area (Å²) in [5.41, 5.74) is 5.50. The van der Waals surface area contributed by atoms with Crippen LogP contribution in [-0.2, 0) is 19.4 Å². The minimum Gasteiger partial charge on any atom is -0.313 e. The Bertz CT molecular complexity index is 605. The molecule has 0 heterocycles. The van der Waals surface area contributed by atoms with Crippen molar-refractivity contribution in [2.75, 3.05) is 6.54 Å². The lowest BCUT2D eigenvalue weighted by molar-refractivity contribution is 0.594. The van der Waals surface area contributed by atoms with Crippen molar-refractivity contribution in [3.63, 3.8) is 0 Å². The Kier molecular flexibility index (Phi) is 5.51. The summed E-state index contributed by atoms with van der Waals surface area (Å²) in [4.78, 5) is 0. The van der Waals surface area contributed by atoms with Crippen molar-refractivity contribution in [2.24, 2.45) is 0 Å². The fourth-order valence-corrected chi connectivity index (χ4v) is 2.61. The predicted molar refractivity (Wildman–Crippen MR) is 88.0 cm³/mol. The third-order valence-electron chi connectivity index (χ3n) is 3.92. The molecule has 0 aromatic heterocycles. The molecule has 0 aliphatic heterocycles. The highest BCUT2D eigenvalue weighted by molar-refractivity contribution is 5.65. The zero-order valence-electron chi connectivity index (χ0n) is 13.2. The van der Waals surface area contributed by atoms with Crippen LogP contribution < -0.4 is 5.32 Å². The normalized spacial score (nSPS) is 10.9. The molecule has 112 valence electrons. The monoisotopic (exact) mass is 285 g/mol. The van der Waals surface area contributed by atoms with E-state index in [0.717, 1.165) is 36.1 Å². The second-order valence-electron chi connectivity index (χ2n) is 5.28. The molecule has 2 heteroatoms. The van der Waals surface area contributed by atoms with Crippen molar-refractivity contribution in [3.8, 4) is 11.1 Å². The molecule has 0 saturated heterocycles. The van der Waals surface area contributed by atoms with Crippen LogP contribution >= 0.6 is 0 Å². The summed E-state index contributed by atoms with van der Waals surface area (Å²) in [6.45, 7) is 7.78. The van der Waals surface area contributed by atoms with Crippen LogP contribution in [0.25, 0.3) is 11.1 Å². The molecule has 1 N–H and O–H groups in total. The van der Waals surface area contributed by atoms with Gasteiger partial charge in [-0.15, -0.1) is 0 Å². The number of halogens is 1. The zero-order chi connectivity index (χ0) is 15.2. The largest absolute Gasteiger partial charge is 0.313 e. The Balaban J connectivity index is 2.32. The number of hydrogen-bond acceptors (Lipinski definition) is 1.